The van der Waals surface area contributed by atoms with Crippen molar-refractivity contribution in [1.82, 2.24) is 5.32 Å². The van der Waals surface area contributed by atoms with Gasteiger partial charge in [0.05, 0.1) is 18.8 Å². The SMILES string of the molecule is CNC(C1CCOC1)C1CCC(C)O1. The van der Waals surface area contributed by atoms with E-state index in [1.807, 2.05) is 7.05 Å². The Morgan fingerprint density at radius 2 is 2.14 bits per heavy atom. The van der Waals surface area contributed by atoms with Gasteiger partial charge < -0.3 is 14.8 Å². The molecule has 2 aliphatic rings. The number of ether oxygens (including phenoxy) is 2. The Morgan fingerprint density at radius 3 is 2.64 bits per heavy atom. The fourth-order valence-electron chi connectivity index (χ4n) is 2.66. The van der Waals surface area contributed by atoms with Crippen LogP contribution in [-0.2, 0) is 9.47 Å². The summed E-state index contributed by atoms with van der Waals surface area (Å²) in [5, 5.41) is 3.40. The van der Waals surface area contributed by atoms with E-state index < -0.39 is 0 Å². The molecule has 2 aliphatic heterocycles. The molecule has 0 aromatic carbocycles. The molecule has 0 saturated carbocycles. The lowest BCUT2D eigenvalue weighted by Crippen LogP contribution is -2.44. The van der Waals surface area contributed by atoms with Crippen molar-refractivity contribution in [2.45, 2.75) is 44.4 Å². The number of nitrogens with one attached hydrogen (secondary N) is 1. The molecule has 1 N–H and O–H groups in total. The van der Waals surface area contributed by atoms with E-state index in [4.69, 9.17) is 9.47 Å². The van der Waals surface area contributed by atoms with Crippen LogP contribution in [0.2, 0.25) is 0 Å². The minimum Gasteiger partial charge on any atom is -0.381 e. The maximum Gasteiger partial charge on any atom is 0.0736 e. The third-order valence-corrected chi connectivity index (χ3v) is 3.47. The van der Waals surface area contributed by atoms with Crippen molar-refractivity contribution in [1.29, 1.82) is 0 Å². The molecule has 0 aromatic heterocycles. The van der Waals surface area contributed by atoms with E-state index in [0.29, 0.717) is 24.2 Å². The lowest BCUT2D eigenvalue weighted by molar-refractivity contribution is 0.0175. The topological polar surface area (TPSA) is 30.5 Å². The summed E-state index contributed by atoms with van der Waals surface area (Å²) in [7, 11) is 2.04. The monoisotopic (exact) mass is 199 g/mol. The summed E-state index contributed by atoms with van der Waals surface area (Å²) < 4.78 is 11.3. The maximum atomic E-state index is 5.91. The highest BCUT2D eigenvalue weighted by atomic mass is 16.5. The summed E-state index contributed by atoms with van der Waals surface area (Å²) in [6, 6.07) is 0.488. The maximum absolute atomic E-state index is 5.91. The second kappa shape index (κ2) is 4.60. The fraction of sp³-hybridized carbons (Fsp3) is 1.00. The van der Waals surface area contributed by atoms with Crippen LogP contribution >= 0.6 is 0 Å². The minimum absolute atomic E-state index is 0.404. The second-order valence-corrected chi connectivity index (χ2v) is 4.50. The molecular formula is C11H21NO2. The van der Waals surface area contributed by atoms with Crippen molar-refractivity contribution >= 4 is 0 Å². The quantitative estimate of drug-likeness (QED) is 0.740. The van der Waals surface area contributed by atoms with Gasteiger partial charge in [-0.15, -0.1) is 0 Å². The van der Waals surface area contributed by atoms with Crippen molar-refractivity contribution in [3.05, 3.63) is 0 Å². The smallest absolute Gasteiger partial charge is 0.0736 e. The van der Waals surface area contributed by atoms with Crippen molar-refractivity contribution in [3.63, 3.8) is 0 Å². The van der Waals surface area contributed by atoms with Crippen molar-refractivity contribution in [2.24, 2.45) is 5.92 Å². The molecule has 4 unspecified atom stereocenters. The Labute approximate surface area is 86.2 Å². The van der Waals surface area contributed by atoms with E-state index in [-0.39, 0.29) is 0 Å². The zero-order chi connectivity index (χ0) is 9.97. The van der Waals surface area contributed by atoms with Crippen LogP contribution in [-0.4, -0.2) is 38.5 Å². The molecule has 2 saturated heterocycles. The Kier molecular flexibility index (Phi) is 3.42. The van der Waals surface area contributed by atoms with Gasteiger partial charge in [0.15, 0.2) is 0 Å². The number of hydrogen-bond acceptors (Lipinski definition) is 3. The van der Waals surface area contributed by atoms with Gasteiger partial charge in [-0.1, -0.05) is 0 Å². The van der Waals surface area contributed by atoms with Gasteiger partial charge in [0.25, 0.3) is 0 Å². The first-order valence-corrected chi connectivity index (χ1v) is 5.71. The summed E-state index contributed by atoms with van der Waals surface area (Å²) in [6.45, 7) is 3.99. The predicted octanol–water partition coefficient (Wildman–Crippen LogP) is 1.18. The number of hydrogen-bond donors (Lipinski definition) is 1. The molecule has 2 fully saturated rings. The third kappa shape index (κ3) is 2.10. The largest absolute Gasteiger partial charge is 0.381 e. The van der Waals surface area contributed by atoms with E-state index in [9.17, 15) is 0 Å². The summed E-state index contributed by atoms with van der Waals surface area (Å²) in [5.74, 6) is 0.648. The first-order chi connectivity index (χ1) is 6.81. The van der Waals surface area contributed by atoms with Crippen LogP contribution in [0.5, 0.6) is 0 Å². The normalized spacial score (nSPS) is 40.3. The van der Waals surface area contributed by atoms with Crippen LogP contribution in [0.1, 0.15) is 26.2 Å². The summed E-state index contributed by atoms with van der Waals surface area (Å²) in [4.78, 5) is 0. The molecule has 2 heterocycles. The highest BCUT2D eigenvalue weighted by Gasteiger charge is 2.35. The molecule has 0 spiro atoms. The molecule has 3 heteroatoms. The Bertz CT molecular complexity index is 180. The lowest BCUT2D eigenvalue weighted by atomic mass is 9.93. The van der Waals surface area contributed by atoms with E-state index in [0.717, 1.165) is 13.2 Å². The predicted molar refractivity (Wildman–Crippen MR) is 55.3 cm³/mol. The molecule has 82 valence electrons. The molecule has 14 heavy (non-hydrogen) atoms. The van der Waals surface area contributed by atoms with Crippen LogP contribution in [0, 0.1) is 5.92 Å². The first kappa shape index (κ1) is 10.4. The highest BCUT2D eigenvalue weighted by molar-refractivity contribution is 4.88. The third-order valence-electron chi connectivity index (χ3n) is 3.47. The van der Waals surface area contributed by atoms with Gasteiger partial charge in [0, 0.05) is 18.6 Å². The van der Waals surface area contributed by atoms with Gasteiger partial charge in [0.2, 0.25) is 0 Å². The van der Waals surface area contributed by atoms with Crippen LogP contribution in [0.15, 0.2) is 0 Å². The van der Waals surface area contributed by atoms with Crippen molar-refractivity contribution in [2.75, 3.05) is 20.3 Å². The van der Waals surface area contributed by atoms with Crippen LogP contribution in [0.3, 0.4) is 0 Å². The molecular weight excluding hydrogens is 178 g/mol. The first-order valence-electron chi connectivity index (χ1n) is 5.71. The lowest BCUT2D eigenvalue weighted by Gasteiger charge is -2.27. The molecule has 0 aliphatic carbocycles. The number of likely N-dealkylation sites (N-methyl/N-ethyl adjacent to an activating group) is 1. The molecule has 4 atom stereocenters. The molecule has 2 rings (SSSR count). The summed E-state index contributed by atoms with van der Waals surface area (Å²) in [6.07, 6.45) is 4.43. The minimum atomic E-state index is 0.404. The average molecular weight is 199 g/mol. The Morgan fingerprint density at radius 1 is 1.29 bits per heavy atom. The van der Waals surface area contributed by atoms with E-state index in [1.54, 1.807) is 0 Å². The van der Waals surface area contributed by atoms with Crippen molar-refractivity contribution < 1.29 is 9.47 Å². The van der Waals surface area contributed by atoms with Crippen LogP contribution in [0.25, 0.3) is 0 Å². The van der Waals surface area contributed by atoms with Gasteiger partial charge in [-0.05, 0) is 33.2 Å². The highest BCUT2D eigenvalue weighted by Crippen LogP contribution is 2.28. The number of rotatable bonds is 3. The standard InChI is InChI=1S/C11H21NO2/c1-8-3-4-10(14-8)11(12-2)9-5-6-13-7-9/h8-12H,3-7H2,1-2H3. The van der Waals surface area contributed by atoms with Gasteiger partial charge in [0.1, 0.15) is 0 Å². The molecule has 0 aromatic rings. The Hall–Kier alpha value is -0.120. The van der Waals surface area contributed by atoms with Crippen LogP contribution in [0.4, 0.5) is 0 Å². The molecule has 0 radical (unpaired) electrons. The molecule has 0 amide bonds. The zero-order valence-corrected chi connectivity index (χ0v) is 9.16. The summed E-state index contributed by atoms with van der Waals surface area (Å²) in [5.41, 5.74) is 0. The van der Waals surface area contributed by atoms with E-state index >= 15 is 0 Å². The van der Waals surface area contributed by atoms with Gasteiger partial charge >= 0.3 is 0 Å². The summed E-state index contributed by atoms with van der Waals surface area (Å²) >= 11 is 0. The van der Waals surface area contributed by atoms with Gasteiger partial charge in [-0.25, -0.2) is 0 Å². The van der Waals surface area contributed by atoms with E-state index in [2.05, 4.69) is 12.2 Å². The molecule has 0 bridgehead atoms. The Balaban J connectivity index is 1.91. The van der Waals surface area contributed by atoms with Crippen molar-refractivity contribution in [3.8, 4) is 0 Å². The van der Waals surface area contributed by atoms with Gasteiger partial charge in [-0.2, -0.15) is 0 Å². The van der Waals surface area contributed by atoms with Crippen LogP contribution < -0.4 is 5.32 Å². The zero-order valence-electron chi connectivity index (χ0n) is 9.16. The molecule has 3 nitrogen and oxygen atoms in total. The van der Waals surface area contributed by atoms with E-state index in [1.165, 1.54) is 19.3 Å². The second-order valence-electron chi connectivity index (χ2n) is 4.50. The van der Waals surface area contributed by atoms with Gasteiger partial charge in [-0.3, -0.25) is 0 Å². The fourth-order valence-corrected chi connectivity index (χ4v) is 2.66. The average Bonchev–Trinajstić information content (AvgIpc) is 2.79.